The van der Waals surface area contributed by atoms with E-state index < -0.39 is 0 Å². The van der Waals surface area contributed by atoms with Crippen molar-refractivity contribution in [1.29, 1.82) is 0 Å². The smallest absolute Gasteiger partial charge is 0.229 e. The lowest BCUT2D eigenvalue weighted by Crippen LogP contribution is -2.47. The lowest BCUT2D eigenvalue weighted by molar-refractivity contribution is -0.124. The molecule has 0 bridgehead atoms. The Bertz CT molecular complexity index is 544. The van der Waals surface area contributed by atoms with Gasteiger partial charge in [0.05, 0.1) is 0 Å². The van der Waals surface area contributed by atoms with Crippen LogP contribution in [0.3, 0.4) is 0 Å². The first-order chi connectivity index (χ1) is 13.0. The third kappa shape index (κ3) is 7.70. The molecule has 0 spiro atoms. The molecule has 2 saturated carbocycles. The average molecular weight is 413 g/mol. The maximum Gasteiger partial charge on any atom is 0.229 e. The minimum absolute atomic E-state index is 0.0333. The van der Waals surface area contributed by atoms with Crippen LogP contribution in [0.5, 0.6) is 0 Å². The second-order valence-electron chi connectivity index (χ2n) is 7.56. The van der Waals surface area contributed by atoms with Crippen LogP contribution in [0.25, 0.3) is 0 Å². The Morgan fingerprint density at radius 2 is 1.37 bits per heavy atom. The van der Waals surface area contributed by atoms with Crippen LogP contribution in [-0.2, 0) is 9.59 Å². The molecule has 4 N–H and O–H groups in total. The quantitative estimate of drug-likeness (QED) is 0.481. The molecule has 1 atom stereocenters. The van der Waals surface area contributed by atoms with Crippen molar-refractivity contribution < 1.29 is 9.59 Å². The predicted octanol–water partition coefficient (Wildman–Crippen LogP) is 2.52. The van der Waals surface area contributed by atoms with Crippen molar-refractivity contribution in [2.75, 3.05) is 6.54 Å². The summed E-state index contributed by atoms with van der Waals surface area (Å²) in [7, 11) is 0. The maximum absolute atomic E-state index is 12.1. The molecule has 0 aromatic heterocycles. The molecule has 2 rings (SSSR count). The highest BCUT2D eigenvalue weighted by Crippen LogP contribution is 2.25. The van der Waals surface area contributed by atoms with E-state index in [4.69, 9.17) is 24.4 Å². The van der Waals surface area contributed by atoms with Gasteiger partial charge in [0.15, 0.2) is 10.2 Å². The molecular formula is C19H32N4O2S2. The van der Waals surface area contributed by atoms with Gasteiger partial charge < -0.3 is 21.3 Å². The standard InChI is InChI=1S/C19H32N4O2S2/c1-2-15(21-19(27)23-17(25)14-9-5-6-10-14)11-12-20-18(26)22-16(24)13-7-3-4-8-13/h13-15H,2-12H2,1H3,(H2,20,22,24,26)(H2,21,23,25,27). The molecule has 1 unspecified atom stereocenters. The summed E-state index contributed by atoms with van der Waals surface area (Å²) >= 11 is 10.5. The molecule has 0 radical (unpaired) electrons. The summed E-state index contributed by atoms with van der Waals surface area (Å²) in [6.45, 7) is 2.70. The van der Waals surface area contributed by atoms with Gasteiger partial charge in [-0.15, -0.1) is 0 Å². The van der Waals surface area contributed by atoms with Gasteiger partial charge in [0.25, 0.3) is 0 Å². The highest BCUT2D eigenvalue weighted by molar-refractivity contribution is 7.80. The molecule has 152 valence electrons. The minimum atomic E-state index is 0.0333. The van der Waals surface area contributed by atoms with Crippen molar-refractivity contribution >= 4 is 46.5 Å². The Hall–Kier alpha value is -1.28. The number of amides is 2. The Kier molecular flexibility index (Phi) is 9.41. The molecular weight excluding hydrogens is 380 g/mol. The minimum Gasteiger partial charge on any atom is -0.362 e. The molecule has 0 saturated heterocycles. The van der Waals surface area contributed by atoms with Crippen LogP contribution < -0.4 is 21.3 Å². The fourth-order valence-electron chi connectivity index (χ4n) is 3.81. The van der Waals surface area contributed by atoms with E-state index in [0.717, 1.165) is 64.2 Å². The summed E-state index contributed by atoms with van der Waals surface area (Å²) in [5.74, 6) is 0.280. The third-order valence-electron chi connectivity index (χ3n) is 5.53. The summed E-state index contributed by atoms with van der Waals surface area (Å²) < 4.78 is 0. The Balaban J connectivity index is 1.62. The molecule has 0 aromatic rings. The summed E-state index contributed by atoms with van der Waals surface area (Å²) in [6.07, 6.45) is 9.99. The first-order valence-electron chi connectivity index (χ1n) is 10.2. The SMILES string of the molecule is CCC(CCNC(=S)NC(=O)C1CCCC1)NC(=S)NC(=O)C1CCCC1. The van der Waals surface area contributed by atoms with E-state index >= 15 is 0 Å². The second kappa shape index (κ2) is 11.5. The second-order valence-corrected chi connectivity index (χ2v) is 8.38. The van der Waals surface area contributed by atoms with Gasteiger partial charge in [-0.05, 0) is 63.0 Å². The van der Waals surface area contributed by atoms with Gasteiger partial charge in [0, 0.05) is 24.4 Å². The Morgan fingerprint density at radius 3 is 1.85 bits per heavy atom. The van der Waals surface area contributed by atoms with Crippen molar-refractivity contribution in [2.45, 2.75) is 77.2 Å². The third-order valence-corrected chi connectivity index (χ3v) is 6.00. The van der Waals surface area contributed by atoms with E-state index in [1.807, 2.05) is 0 Å². The van der Waals surface area contributed by atoms with Crippen molar-refractivity contribution in [3.63, 3.8) is 0 Å². The zero-order chi connectivity index (χ0) is 19.6. The Labute approximate surface area is 173 Å². The van der Waals surface area contributed by atoms with Gasteiger partial charge in [-0.1, -0.05) is 32.6 Å². The van der Waals surface area contributed by atoms with Crippen molar-refractivity contribution in [3.8, 4) is 0 Å². The van der Waals surface area contributed by atoms with Crippen LogP contribution in [0.15, 0.2) is 0 Å². The number of nitrogens with one attached hydrogen (secondary N) is 4. The highest BCUT2D eigenvalue weighted by atomic mass is 32.1. The first kappa shape index (κ1) is 22.0. The van der Waals surface area contributed by atoms with Crippen LogP contribution in [-0.4, -0.2) is 34.6 Å². The van der Waals surface area contributed by atoms with Crippen LogP contribution in [0.1, 0.15) is 71.1 Å². The molecule has 6 nitrogen and oxygen atoms in total. The zero-order valence-corrected chi connectivity index (χ0v) is 17.8. The molecule has 2 fully saturated rings. The number of hydrogen-bond acceptors (Lipinski definition) is 4. The number of thiocarbonyl (C=S) groups is 2. The van der Waals surface area contributed by atoms with Crippen LogP contribution in [0.2, 0.25) is 0 Å². The highest BCUT2D eigenvalue weighted by Gasteiger charge is 2.24. The average Bonchev–Trinajstić information content (AvgIpc) is 3.34. The zero-order valence-electron chi connectivity index (χ0n) is 16.1. The van der Waals surface area contributed by atoms with E-state index in [1.165, 1.54) is 0 Å². The normalized spacial score (nSPS) is 18.7. The van der Waals surface area contributed by atoms with E-state index in [9.17, 15) is 9.59 Å². The molecule has 2 aliphatic rings. The van der Waals surface area contributed by atoms with Crippen LogP contribution in [0.4, 0.5) is 0 Å². The number of carbonyl (C=O) groups excluding carboxylic acids is 2. The summed E-state index contributed by atoms with van der Waals surface area (Å²) in [5, 5.41) is 12.7. The monoisotopic (exact) mass is 412 g/mol. The molecule has 0 heterocycles. The van der Waals surface area contributed by atoms with E-state index in [0.29, 0.717) is 16.8 Å². The lowest BCUT2D eigenvalue weighted by Gasteiger charge is -2.21. The van der Waals surface area contributed by atoms with Gasteiger partial charge in [-0.25, -0.2) is 0 Å². The predicted molar refractivity (Wildman–Crippen MR) is 115 cm³/mol. The molecule has 27 heavy (non-hydrogen) atoms. The van der Waals surface area contributed by atoms with E-state index in [1.54, 1.807) is 0 Å². The van der Waals surface area contributed by atoms with E-state index in [2.05, 4.69) is 28.2 Å². The van der Waals surface area contributed by atoms with Gasteiger partial charge in [-0.2, -0.15) is 0 Å². The van der Waals surface area contributed by atoms with E-state index in [-0.39, 0.29) is 29.7 Å². The molecule has 0 aliphatic heterocycles. The van der Waals surface area contributed by atoms with Gasteiger partial charge in [0.2, 0.25) is 11.8 Å². The fourth-order valence-corrected chi connectivity index (χ4v) is 4.28. The van der Waals surface area contributed by atoms with Gasteiger partial charge in [0.1, 0.15) is 0 Å². The summed E-state index contributed by atoms with van der Waals surface area (Å²) in [6, 6.07) is 0.141. The van der Waals surface area contributed by atoms with Crippen molar-refractivity contribution in [1.82, 2.24) is 21.3 Å². The van der Waals surface area contributed by atoms with Crippen molar-refractivity contribution in [3.05, 3.63) is 0 Å². The number of carbonyl (C=O) groups is 2. The molecule has 2 aliphatic carbocycles. The van der Waals surface area contributed by atoms with Crippen LogP contribution >= 0.6 is 24.4 Å². The van der Waals surface area contributed by atoms with Crippen molar-refractivity contribution in [2.24, 2.45) is 11.8 Å². The Morgan fingerprint density at radius 1 is 0.889 bits per heavy atom. The van der Waals surface area contributed by atoms with Gasteiger partial charge >= 0.3 is 0 Å². The first-order valence-corrected chi connectivity index (χ1v) is 11.0. The topological polar surface area (TPSA) is 82.3 Å². The largest absolute Gasteiger partial charge is 0.362 e. The lowest BCUT2D eigenvalue weighted by atomic mass is 10.1. The number of hydrogen-bond donors (Lipinski definition) is 4. The maximum atomic E-state index is 12.1. The molecule has 8 heteroatoms. The molecule has 0 aromatic carbocycles. The van der Waals surface area contributed by atoms with Gasteiger partial charge in [-0.3, -0.25) is 9.59 Å². The summed E-state index contributed by atoms with van der Waals surface area (Å²) in [4.78, 5) is 24.2. The van der Waals surface area contributed by atoms with Crippen LogP contribution in [0, 0.1) is 11.8 Å². The number of rotatable bonds is 7. The fraction of sp³-hybridized carbons (Fsp3) is 0.789. The molecule has 2 amide bonds. The summed E-state index contributed by atoms with van der Waals surface area (Å²) in [5.41, 5.74) is 0.